The van der Waals surface area contributed by atoms with Gasteiger partial charge in [-0.05, 0) is 26.2 Å². The maximum Gasteiger partial charge on any atom is 0.324 e. The number of halogens is 1. The van der Waals surface area contributed by atoms with Crippen LogP contribution in [-0.4, -0.2) is 40.6 Å². The van der Waals surface area contributed by atoms with Gasteiger partial charge in [0, 0.05) is 11.8 Å². The van der Waals surface area contributed by atoms with Crippen LogP contribution >= 0.6 is 22.6 Å². The minimum absolute atomic E-state index is 0.0199. The van der Waals surface area contributed by atoms with Crippen molar-refractivity contribution < 1.29 is 28.6 Å². The van der Waals surface area contributed by atoms with Gasteiger partial charge in [-0.2, -0.15) is 0 Å². The van der Waals surface area contributed by atoms with Gasteiger partial charge in [0.05, 0.1) is 7.11 Å². The predicted octanol–water partition coefficient (Wildman–Crippen LogP) is 1.63. The molecule has 0 aromatic rings. The van der Waals surface area contributed by atoms with Gasteiger partial charge >= 0.3 is 17.9 Å². The molecular formula is C15H19IO6. The molecule has 7 heteroatoms. The van der Waals surface area contributed by atoms with E-state index in [1.54, 1.807) is 0 Å². The minimum Gasteiger partial charge on any atom is -0.468 e. The topological polar surface area (TPSA) is 78.9 Å². The molecule has 3 aliphatic rings. The van der Waals surface area contributed by atoms with E-state index >= 15 is 0 Å². The number of ether oxygens (including phenoxy) is 3. The van der Waals surface area contributed by atoms with Crippen molar-refractivity contribution in [2.24, 2.45) is 17.3 Å². The zero-order valence-electron chi connectivity index (χ0n) is 12.8. The van der Waals surface area contributed by atoms with Crippen molar-refractivity contribution in [1.29, 1.82) is 0 Å². The largest absolute Gasteiger partial charge is 0.468 e. The van der Waals surface area contributed by atoms with Gasteiger partial charge in [-0.15, -0.1) is 0 Å². The first-order chi connectivity index (χ1) is 10.3. The molecule has 0 aromatic heterocycles. The average Bonchev–Trinajstić information content (AvgIpc) is 3.08. The van der Waals surface area contributed by atoms with E-state index in [4.69, 9.17) is 14.2 Å². The molecular weight excluding hydrogens is 403 g/mol. The molecule has 6 unspecified atom stereocenters. The van der Waals surface area contributed by atoms with Crippen molar-refractivity contribution in [3.05, 3.63) is 0 Å². The summed E-state index contributed by atoms with van der Waals surface area (Å²) in [4.78, 5) is 36.6. The third-order valence-electron chi connectivity index (χ3n) is 5.45. The number of hydrogen-bond donors (Lipinski definition) is 0. The normalized spacial score (nSPS) is 41.0. The highest BCUT2D eigenvalue weighted by Crippen LogP contribution is 2.63. The Morgan fingerprint density at radius 3 is 2.77 bits per heavy atom. The molecule has 0 N–H and O–H groups in total. The molecule has 3 fully saturated rings. The lowest BCUT2D eigenvalue weighted by atomic mass is 9.73. The molecule has 22 heavy (non-hydrogen) atoms. The number of esters is 3. The second-order valence-corrected chi connectivity index (χ2v) is 8.94. The fourth-order valence-corrected chi connectivity index (χ4v) is 4.13. The number of fused-ring (bicyclic) bond motifs is 1. The third kappa shape index (κ3) is 1.93. The maximum atomic E-state index is 12.3. The van der Waals surface area contributed by atoms with Gasteiger partial charge in [0.1, 0.15) is 15.6 Å². The van der Waals surface area contributed by atoms with Crippen molar-refractivity contribution in [2.75, 3.05) is 7.11 Å². The lowest BCUT2D eigenvalue weighted by Crippen LogP contribution is -2.46. The van der Waals surface area contributed by atoms with Gasteiger partial charge in [-0.1, -0.05) is 29.5 Å². The Balaban J connectivity index is 1.81. The Hall–Kier alpha value is -0.860. The van der Waals surface area contributed by atoms with Crippen molar-refractivity contribution in [1.82, 2.24) is 0 Å². The lowest BCUT2D eigenvalue weighted by Gasteiger charge is -2.31. The maximum absolute atomic E-state index is 12.3. The number of rotatable bonds is 4. The van der Waals surface area contributed by atoms with Crippen LogP contribution in [0.4, 0.5) is 0 Å². The molecule has 1 aliphatic heterocycles. The first-order valence-corrected chi connectivity index (χ1v) is 8.55. The summed E-state index contributed by atoms with van der Waals surface area (Å²) in [6.45, 7) is 3.74. The zero-order chi connectivity index (χ0) is 16.3. The Kier molecular flexibility index (Phi) is 3.69. The van der Waals surface area contributed by atoms with Gasteiger partial charge in [-0.3, -0.25) is 14.4 Å². The van der Waals surface area contributed by atoms with Gasteiger partial charge in [-0.25, -0.2) is 0 Å². The number of methoxy groups -OCH3 is 1. The van der Waals surface area contributed by atoms with E-state index in [-0.39, 0.29) is 17.8 Å². The zero-order valence-corrected chi connectivity index (χ0v) is 14.9. The Morgan fingerprint density at radius 1 is 1.50 bits per heavy atom. The average molecular weight is 422 g/mol. The smallest absolute Gasteiger partial charge is 0.324 e. The molecule has 122 valence electrons. The predicted molar refractivity (Wildman–Crippen MR) is 83.1 cm³/mol. The van der Waals surface area contributed by atoms with Crippen molar-refractivity contribution in [3.8, 4) is 0 Å². The second-order valence-electron chi connectivity index (χ2n) is 6.56. The lowest BCUT2D eigenvalue weighted by molar-refractivity contribution is -0.164. The van der Waals surface area contributed by atoms with Crippen LogP contribution in [0.1, 0.15) is 33.1 Å². The second kappa shape index (κ2) is 5.07. The van der Waals surface area contributed by atoms with Crippen LogP contribution < -0.4 is 0 Å². The van der Waals surface area contributed by atoms with E-state index in [9.17, 15) is 14.4 Å². The summed E-state index contributed by atoms with van der Waals surface area (Å²) in [7, 11) is 1.28. The van der Waals surface area contributed by atoms with Crippen LogP contribution in [0.5, 0.6) is 0 Å². The summed E-state index contributed by atoms with van der Waals surface area (Å²) >= 11 is 2.08. The number of carbonyl (C=O) groups excluding carboxylic acids is 3. The van der Waals surface area contributed by atoms with E-state index in [1.807, 2.05) is 13.8 Å². The molecule has 2 saturated carbocycles. The van der Waals surface area contributed by atoms with Gasteiger partial charge < -0.3 is 14.2 Å². The number of hydrogen-bond acceptors (Lipinski definition) is 6. The Bertz CT molecular complexity index is 544. The third-order valence-corrected chi connectivity index (χ3v) is 6.65. The molecule has 0 spiro atoms. The standard InChI is InChI=1S/C15H19IO6/c1-4-14(2,16)11(17)21-9-7-5-8-10(9)22-13(19)15(8,6-7)12(18)20-3/h7-10H,4-6H2,1-3H3. The molecule has 6 atom stereocenters. The quantitative estimate of drug-likeness (QED) is 0.225. The van der Waals surface area contributed by atoms with Gasteiger partial charge in [0.2, 0.25) is 0 Å². The first-order valence-electron chi connectivity index (χ1n) is 7.47. The summed E-state index contributed by atoms with van der Waals surface area (Å²) in [5, 5.41) is 0. The van der Waals surface area contributed by atoms with Crippen LogP contribution in [0.25, 0.3) is 0 Å². The van der Waals surface area contributed by atoms with Crippen molar-refractivity contribution >= 4 is 40.5 Å². The summed E-state index contributed by atoms with van der Waals surface area (Å²) in [6.07, 6.45) is 0.708. The van der Waals surface area contributed by atoms with Crippen molar-refractivity contribution in [3.63, 3.8) is 0 Å². The molecule has 0 amide bonds. The molecule has 6 nitrogen and oxygen atoms in total. The first kappa shape index (κ1) is 16.0. The minimum atomic E-state index is -1.18. The van der Waals surface area contributed by atoms with Crippen LogP contribution in [0, 0.1) is 17.3 Å². The summed E-state index contributed by atoms with van der Waals surface area (Å²) < 4.78 is 15.3. The summed E-state index contributed by atoms with van der Waals surface area (Å²) in [6, 6.07) is 0. The van der Waals surface area contributed by atoms with Crippen LogP contribution in [0.2, 0.25) is 0 Å². The molecule has 1 saturated heterocycles. The highest BCUT2D eigenvalue weighted by Gasteiger charge is 2.75. The number of carbonyl (C=O) groups is 3. The van der Waals surface area contributed by atoms with E-state index < -0.39 is 33.0 Å². The van der Waals surface area contributed by atoms with E-state index in [1.165, 1.54) is 7.11 Å². The molecule has 0 aromatic carbocycles. The molecule has 1 heterocycles. The molecule has 0 radical (unpaired) electrons. The summed E-state index contributed by atoms with van der Waals surface area (Å²) in [5.41, 5.74) is -1.18. The fraction of sp³-hybridized carbons (Fsp3) is 0.800. The Morgan fingerprint density at radius 2 is 2.18 bits per heavy atom. The van der Waals surface area contributed by atoms with E-state index in [0.29, 0.717) is 19.3 Å². The van der Waals surface area contributed by atoms with E-state index in [0.717, 1.165) is 0 Å². The fourth-order valence-electron chi connectivity index (χ4n) is 4.00. The van der Waals surface area contributed by atoms with Gasteiger partial charge in [0.15, 0.2) is 5.41 Å². The van der Waals surface area contributed by atoms with Crippen molar-refractivity contribution in [2.45, 2.75) is 48.7 Å². The highest BCUT2D eigenvalue weighted by molar-refractivity contribution is 14.1. The number of alkyl halides is 1. The molecule has 2 bridgehead atoms. The van der Waals surface area contributed by atoms with Gasteiger partial charge in [0.25, 0.3) is 0 Å². The molecule has 3 rings (SSSR count). The Labute approximate surface area is 142 Å². The highest BCUT2D eigenvalue weighted by atomic mass is 127. The van der Waals surface area contributed by atoms with Crippen LogP contribution in [0.15, 0.2) is 0 Å². The van der Waals surface area contributed by atoms with Crippen LogP contribution in [0.3, 0.4) is 0 Å². The van der Waals surface area contributed by atoms with Crippen LogP contribution in [-0.2, 0) is 28.6 Å². The SMILES string of the molecule is CCC(C)(I)C(=O)OC1C2CC3C1OC(=O)C3(C(=O)OC)C2. The molecule has 2 aliphatic carbocycles. The summed E-state index contributed by atoms with van der Waals surface area (Å²) in [5.74, 6) is -1.60. The monoisotopic (exact) mass is 422 g/mol. The van der Waals surface area contributed by atoms with E-state index in [2.05, 4.69) is 22.6 Å².